The molecule has 3 aliphatic carbocycles. The molecule has 0 aliphatic heterocycles. The molecule has 9 heteroatoms. The molecule has 0 radical (unpaired) electrons. The highest BCUT2D eigenvalue weighted by atomic mass is 28.4. The molecule has 50 heavy (non-hydrogen) atoms. The molecule has 8 nitrogen and oxygen atoms in total. The Morgan fingerprint density at radius 1 is 1.06 bits per heavy atom. The lowest BCUT2D eigenvalue weighted by Gasteiger charge is -2.62. The van der Waals surface area contributed by atoms with Gasteiger partial charge in [0.2, 0.25) is 0 Å². The predicted octanol–water partition coefficient (Wildman–Crippen LogP) is 8.49. The molecule has 0 amide bonds. The summed E-state index contributed by atoms with van der Waals surface area (Å²) in [5.74, 6) is 0.495. The molecule has 0 unspecified atom stereocenters. The standard InChI is InChI=1S/C41H66O8Si/c1-12-47-39(43)33-24-41(7)34-22-27(2)23-35(48-26-44-8)36(34)28(3)38(42)37(41)32(19-21-49-50(10,11)40(4,5)6)31(33)14-13-20-46-25-29-15-17-30(45-9)18-16-29/h15-18,23,28,33-38,42H,12-14,19-22,24-26H2,1-11H3/t28-,33-,34-,35-,36+,37+,38-,41+/m1/s1. The summed E-state index contributed by atoms with van der Waals surface area (Å²) in [4.78, 5) is 14.0. The monoisotopic (exact) mass is 714 g/mol. The molecule has 0 aromatic heterocycles. The largest absolute Gasteiger partial charge is 0.497 e. The zero-order chi connectivity index (χ0) is 36.9. The highest BCUT2D eigenvalue weighted by Crippen LogP contribution is 2.64. The summed E-state index contributed by atoms with van der Waals surface area (Å²) in [6.07, 6.45) is 5.19. The van der Waals surface area contributed by atoms with Gasteiger partial charge in [0, 0.05) is 26.2 Å². The third kappa shape index (κ3) is 8.95. The van der Waals surface area contributed by atoms with E-state index in [0.717, 1.165) is 29.7 Å². The number of hydrogen-bond acceptors (Lipinski definition) is 8. The number of esters is 1. The zero-order valence-corrected chi connectivity index (χ0v) is 33.8. The molecule has 0 heterocycles. The molecule has 0 saturated heterocycles. The summed E-state index contributed by atoms with van der Waals surface area (Å²) in [6, 6.07) is 7.93. The topological polar surface area (TPSA) is 92.7 Å². The molecular weight excluding hydrogens is 649 g/mol. The number of allylic oxidation sites excluding steroid dienone is 1. The predicted molar refractivity (Wildman–Crippen MR) is 200 cm³/mol. The minimum absolute atomic E-state index is 0.00573. The Labute approximate surface area is 303 Å². The first kappa shape index (κ1) is 40.8. The lowest BCUT2D eigenvalue weighted by atomic mass is 9.44. The minimum Gasteiger partial charge on any atom is -0.497 e. The minimum atomic E-state index is -2.03. The number of ether oxygens (including phenoxy) is 5. The molecule has 0 bridgehead atoms. The van der Waals surface area contributed by atoms with Crippen LogP contribution >= 0.6 is 0 Å². The Balaban J connectivity index is 1.71. The molecule has 1 saturated carbocycles. The summed E-state index contributed by atoms with van der Waals surface area (Å²) in [5, 5.41) is 12.5. The van der Waals surface area contributed by atoms with E-state index in [9.17, 15) is 9.90 Å². The first-order chi connectivity index (χ1) is 23.6. The Morgan fingerprint density at radius 2 is 1.76 bits per heavy atom. The summed E-state index contributed by atoms with van der Waals surface area (Å²) in [5.41, 5.74) is 4.35. The average Bonchev–Trinajstić information content (AvgIpc) is 3.06. The van der Waals surface area contributed by atoms with E-state index in [1.807, 2.05) is 31.2 Å². The number of aliphatic hydroxyl groups excluding tert-OH is 1. The molecule has 4 rings (SSSR count). The third-order valence-electron chi connectivity index (χ3n) is 12.5. The van der Waals surface area contributed by atoms with Crippen molar-refractivity contribution in [2.75, 3.05) is 40.8 Å². The summed E-state index contributed by atoms with van der Waals surface area (Å²) in [7, 11) is 1.28. The van der Waals surface area contributed by atoms with Crippen molar-refractivity contribution in [1.29, 1.82) is 0 Å². The van der Waals surface area contributed by atoms with Crippen molar-refractivity contribution in [1.82, 2.24) is 0 Å². The molecule has 8 atom stereocenters. The highest BCUT2D eigenvalue weighted by Gasteiger charge is 2.61. The van der Waals surface area contributed by atoms with Gasteiger partial charge in [-0.05, 0) is 105 Å². The van der Waals surface area contributed by atoms with E-state index in [-0.39, 0.29) is 58.9 Å². The molecule has 1 aromatic rings. The number of aliphatic hydroxyl groups is 1. The number of carbonyl (C=O) groups excluding carboxylic acids is 1. The van der Waals surface area contributed by atoms with Gasteiger partial charge in [-0.15, -0.1) is 0 Å². The first-order valence-corrected chi connectivity index (χ1v) is 21.7. The average molecular weight is 715 g/mol. The molecule has 0 spiro atoms. The van der Waals surface area contributed by atoms with Crippen LogP contribution in [0.25, 0.3) is 0 Å². The van der Waals surface area contributed by atoms with Gasteiger partial charge in [-0.1, -0.05) is 69.5 Å². The van der Waals surface area contributed by atoms with E-state index in [0.29, 0.717) is 45.7 Å². The summed E-state index contributed by atoms with van der Waals surface area (Å²) in [6.45, 7) is 22.1. The quantitative estimate of drug-likeness (QED) is 0.0600. The molecular formula is C41H66O8Si. The number of hydrogen-bond donors (Lipinski definition) is 1. The molecule has 1 fully saturated rings. The normalized spacial score (nSPS) is 30.0. The lowest BCUT2D eigenvalue weighted by molar-refractivity contribution is -0.178. The van der Waals surface area contributed by atoms with E-state index in [2.05, 4.69) is 60.7 Å². The van der Waals surface area contributed by atoms with E-state index in [1.54, 1.807) is 14.2 Å². The van der Waals surface area contributed by atoms with Crippen molar-refractivity contribution in [2.45, 2.75) is 118 Å². The molecule has 3 aliphatic rings. The van der Waals surface area contributed by atoms with Crippen LogP contribution in [0.2, 0.25) is 18.1 Å². The summed E-state index contributed by atoms with van der Waals surface area (Å²) >= 11 is 0. The van der Waals surface area contributed by atoms with Gasteiger partial charge in [0.25, 0.3) is 0 Å². The van der Waals surface area contributed by atoms with Gasteiger partial charge in [0.1, 0.15) is 12.5 Å². The maximum atomic E-state index is 14.0. The van der Waals surface area contributed by atoms with Crippen LogP contribution in [-0.2, 0) is 34.8 Å². The highest BCUT2D eigenvalue weighted by molar-refractivity contribution is 6.74. The second kappa shape index (κ2) is 17.2. The van der Waals surface area contributed by atoms with Crippen LogP contribution in [0.15, 0.2) is 47.1 Å². The van der Waals surface area contributed by atoms with Gasteiger partial charge >= 0.3 is 5.97 Å². The van der Waals surface area contributed by atoms with Crippen LogP contribution in [0.1, 0.15) is 86.1 Å². The zero-order valence-electron chi connectivity index (χ0n) is 32.8. The Kier molecular flexibility index (Phi) is 14.0. The van der Waals surface area contributed by atoms with Gasteiger partial charge in [-0.2, -0.15) is 0 Å². The number of fused-ring (bicyclic) bond motifs is 3. The number of benzene rings is 1. The lowest BCUT2D eigenvalue weighted by Crippen LogP contribution is -2.61. The fraction of sp³-hybridized carbons (Fsp3) is 0.732. The SMILES string of the molecule is CCOC(=O)[C@@H]1C[C@@]2(C)[C@@H]3CC(C)=C[C@@H](OCOC)[C@H]3[C@@H](C)[C@@H](O)[C@@H]2C(CCO[Si](C)(C)C(C)(C)C)=C1CCCOCc1ccc(OC)cc1. The van der Waals surface area contributed by atoms with Crippen molar-refractivity contribution >= 4 is 14.3 Å². The number of methoxy groups -OCH3 is 2. The van der Waals surface area contributed by atoms with E-state index in [1.165, 1.54) is 11.1 Å². The molecule has 282 valence electrons. The Morgan fingerprint density at radius 3 is 2.38 bits per heavy atom. The van der Waals surface area contributed by atoms with Gasteiger partial charge in [0.05, 0.1) is 38.4 Å². The van der Waals surface area contributed by atoms with Crippen molar-refractivity contribution in [3.05, 3.63) is 52.6 Å². The molecule has 1 N–H and O–H groups in total. The number of rotatable bonds is 16. The van der Waals surface area contributed by atoms with Crippen molar-refractivity contribution < 1.29 is 38.0 Å². The van der Waals surface area contributed by atoms with Crippen LogP contribution in [0.3, 0.4) is 0 Å². The van der Waals surface area contributed by atoms with Gasteiger partial charge < -0.3 is 33.2 Å². The first-order valence-electron chi connectivity index (χ1n) is 18.8. The maximum absolute atomic E-state index is 14.0. The van der Waals surface area contributed by atoms with Crippen molar-refractivity contribution in [3.8, 4) is 5.75 Å². The van der Waals surface area contributed by atoms with Gasteiger partial charge in [-0.25, -0.2) is 0 Å². The molecule has 1 aromatic carbocycles. The van der Waals surface area contributed by atoms with Crippen molar-refractivity contribution in [2.24, 2.45) is 35.0 Å². The van der Waals surface area contributed by atoms with E-state index < -0.39 is 14.4 Å². The van der Waals surface area contributed by atoms with E-state index >= 15 is 0 Å². The Hall–Kier alpha value is -2.01. The maximum Gasteiger partial charge on any atom is 0.313 e. The second-order valence-corrected chi connectivity index (χ2v) is 21.5. The fourth-order valence-corrected chi connectivity index (χ4v) is 9.91. The van der Waals surface area contributed by atoms with Crippen molar-refractivity contribution in [3.63, 3.8) is 0 Å². The van der Waals surface area contributed by atoms with Crippen LogP contribution in [0.4, 0.5) is 0 Å². The third-order valence-corrected chi connectivity index (χ3v) is 17.0. The number of carbonyl (C=O) groups is 1. The summed E-state index contributed by atoms with van der Waals surface area (Å²) < 4.78 is 35.7. The van der Waals surface area contributed by atoms with E-state index in [4.69, 9.17) is 28.1 Å². The smallest absolute Gasteiger partial charge is 0.313 e. The van der Waals surface area contributed by atoms with Gasteiger partial charge in [0.15, 0.2) is 8.32 Å². The van der Waals surface area contributed by atoms with Crippen LogP contribution in [0, 0.1) is 35.0 Å². The van der Waals surface area contributed by atoms with Crippen LogP contribution in [-0.4, -0.2) is 72.4 Å². The van der Waals surface area contributed by atoms with Crippen LogP contribution in [0.5, 0.6) is 5.75 Å². The Bertz CT molecular complexity index is 1330. The fourth-order valence-electron chi connectivity index (χ4n) is 8.87. The van der Waals surface area contributed by atoms with Crippen LogP contribution < -0.4 is 4.74 Å². The van der Waals surface area contributed by atoms with Gasteiger partial charge in [-0.3, -0.25) is 4.79 Å². The second-order valence-electron chi connectivity index (χ2n) is 16.7.